The Morgan fingerprint density at radius 2 is 2.19 bits per heavy atom. The van der Waals surface area contributed by atoms with Crippen LogP contribution in [0.4, 0.5) is 5.82 Å². The van der Waals surface area contributed by atoms with Crippen LogP contribution in [0.5, 0.6) is 0 Å². The summed E-state index contributed by atoms with van der Waals surface area (Å²) in [5.74, 6) is 6.14. The number of nitrogen functional groups attached to an aromatic ring is 1. The van der Waals surface area contributed by atoms with E-state index >= 15 is 0 Å². The van der Waals surface area contributed by atoms with Crippen molar-refractivity contribution in [3.8, 4) is 0 Å². The summed E-state index contributed by atoms with van der Waals surface area (Å²) in [6.45, 7) is 6.37. The summed E-state index contributed by atoms with van der Waals surface area (Å²) in [4.78, 5) is 19.3. The van der Waals surface area contributed by atoms with Gasteiger partial charge in [0.15, 0.2) is 0 Å². The molecule has 0 radical (unpaired) electrons. The van der Waals surface area contributed by atoms with Gasteiger partial charge in [0, 0.05) is 23.3 Å². The fourth-order valence-corrected chi connectivity index (χ4v) is 3.16. The molecule has 2 rings (SSSR count). The van der Waals surface area contributed by atoms with Crippen molar-refractivity contribution in [1.29, 1.82) is 0 Å². The molecule has 5 heteroatoms. The van der Waals surface area contributed by atoms with Crippen molar-refractivity contribution in [3.63, 3.8) is 0 Å². The monoisotopic (exact) mass is 290 g/mol. The zero-order chi connectivity index (χ0) is 15.4. The number of carbonyl (C=O) groups is 1. The number of likely N-dealkylation sites (tertiary alicyclic amines) is 1. The lowest BCUT2D eigenvalue weighted by Crippen LogP contribution is -2.39. The second kappa shape index (κ2) is 6.89. The van der Waals surface area contributed by atoms with Gasteiger partial charge < -0.3 is 10.3 Å². The minimum absolute atomic E-state index is 0.100. The number of hydrogen-bond acceptors (Lipinski definition) is 4. The summed E-state index contributed by atoms with van der Waals surface area (Å²) >= 11 is 0. The predicted molar refractivity (Wildman–Crippen MR) is 85.0 cm³/mol. The lowest BCUT2D eigenvalue weighted by atomic mass is 10.1. The number of aryl methyl sites for hydroxylation is 1. The Bertz CT molecular complexity index is 503. The van der Waals surface area contributed by atoms with Crippen LogP contribution in [0.25, 0.3) is 0 Å². The van der Waals surface area contributed by atoms with Crippen LogP contribution in [0.15, 0.2) is 12.1 Å². The number of rotatable bonds is 5. The average Bonchev–Trinajstić information content (AvgIpc) is 2.87. The number of pyridine rings is 1. The molecule has 0 bridgehead atoms. The first-order valence-electron chi connectivity index (χ1n) is 7.90. The summed E-state index contributed by atoms with van der Waals surface area (Å²) in [6, 6.07) is 4.31. The van der Waals surface area contributed by atoms with Crippen molar-refractivity contribution in [3.05, 3.63) is 23.4 Å². The molecule has 116 valence electrons. The lowest BCUT2D eigenvalue weighted by Gasteiger charge is -2.28. The zero-order valence-electron chi connectivity index (χ0n) is 13.2. The number of nitrogens with one attached hydrogen (secondary N) is 1. The minimum atomic E-state index is 0.100. The molecule has 0 aliphatic carbocycles. The molecule has 1 fully saturated rings. The van der Waals surface area contributed by atoms with Crippen molar-refractivity contribution in [2.75, 3.05) is 5.43 Å². The molecule has 0 spiro atoms. The highest BCUT2D eigenvalue weighted by atomic mass is 16.2. The van der Waals surface area contributed by atoms with Gasteiger partial charge in [-0.3, -0.25) is 4.79 Å². The van der Waals surface area contributed by atoms with Gasteiger partial charge in [-0.1, -0.05) is 20.3 Å². The quantitative estimate of drug-likeness (QED) is 0.646. The number of nitrogens with two attached hydrogens (primary N) is 1. The molecule has 1 aliphatic heterocycles. The standard InChI is InChI=1S/C16H26N4O/c1-4-6-13-9-12(10-15(18-13)19-17)16(21)20-11(3)7-8-14(20)5-2/h9-11,14H,4-8,17H2,1-3H3,(H,18,19). The Labute approximate surface area is 126 Å². The second-order valence-electron chi connectivity index (χ2n) is 5.83. The first kappa shape index (κ1) is 15.8. The highest BCUT2D eigenvalue weighted by Gasteiger charge is 2.33. The first-order chi connectivity index (χ1) is 10.1. The summed E-state index contributed by atoms with van der Waals surface area (Å²) in [7, 11) is 0. The predicted octanol–water partition coefficient (Wildman–Crippen LogP) is 2.72. The largest absolute Gasteiger partial charge is 0.333 e. The van der Waals surface area contributed by atoms with Crippen LogP contribution < -0.4 is 11.3 Å². The van der Waals surface area contributed by atoms with E-state index in [1.807, 2.05) is 11.0 Å². The topological polar surface area (TPSA) is 71.2 Å². The van der Waals surface area contributed by atoms with Crippen LogP contribution in [-0.2, 0) is 6.42 Å². The van der Waals surface area contributed by atoms with Crippen molar-refractivity contribution in [2.24, 2.45) is 5.84 Å². The number of anilines is 1. The Kier molecular flexibility index (Phi) is 5.17. The van der Waals surface area contributed by atoms with Gasteiger partial charge in [0.2, 0.25) is 0 Å². The second-order valence-corrected chi connectivity index (χ2v) is 5.83. The van der Waals surface area contributed by atoms with Gasteiger partial charge in [-0.2, -0.15) is 0 Å². The van der Waals surface area contributed by atoms with Gasteiger partial charge in [-0.25, -0.2) is 10.8 Å². The Morgan fingerprint density at radius 3 is 2.81 bits per heavy atom. The summed E-state index contributed by atoms with van der Waals surface area (Å²) in [6.07, 6.45) is 5.03. The molecular formula is C16H26N4O. The number of hydrazine groups is 1. The van der Waals surface area contributed by atoms with Crippen LogP contribution in [0, 0.1) is 0 Å². The first-order valence-corrected chi connectivity index (χ1v) is 7.90. The van der Waals surface area contributed by atoms with E-state index in [0.29, 0.717) is 23.5 Å². The summed E-state index contributed by atoms with van der Waals surface area (Å²) in [5, 5.41) is 0. The maximum absolute atomic E-state index is 12.9. The summed E-state index contributed by atoms with van der Waals surface area (Å²) in [5.41, 5.74) is 4.17. The fraction of sp³-hybridized carbons (Fsp3) is 0.625. The molecule has 1 saturated heterocycles. The van der Waals surface area contributed by atoms with Crippen LogP contribution in [0.1, 0.15) is 62.5 Å². The number of amides is 1. The van der Waals surface area contributed by atoms with E-state index in [-0.39, 0.29) is 5.91 Å². The van der Waals surface area contributed by atoms with Crippen molar-refractivity contribution in [2.45, 2.75) is 65.0 Å². The highest BCUT2D eigenvalue weighted by Crippen LogP contribution is 2.28. The Morgan fingerprint density at radius 1 is 1.43 bits per heavy atom. The van der Waals surface area contributed by atoms with Crippen molar-refractivity contribution < 1.29 is 4.79 Å². The molecule has 21 heavy (non-hydrogen) atoms. The number of hydrogen-bond donors (Lipinski definition) is 2. The molecule has 1 aromatic rings. The van der Waals surface area contributed by atoms with Crippen molar-refractivity contribution in [1.82, 2.24) is 9.88 Å². The maximum Gasteiger partial charge on any atom is 0.254 e. The number of nitrogens with zero attached hydrogens (tertiary/aromatic N) is 2. The van der Waals surface area contributed by atoms with E-state index in [1.165, 1.54) is 0 Å². The molecule has 3 N–H and O–H groups in total. The van der Waals surface area contributed by atoms with Crippen LogP contribution in [0.3, 0.4) is 0 Å². The van der Waals surface area contributed by atoms with Gasteiger partial charge in [-0.15, -0.1) is 0 Å². The van der Waals surface area contributed by atoms with Gasteiger partial charge in [0.05, 0.1) is 0 Å². The minimum Gasteiger partial charge on any atom is -0.333 e. The maximum atomic E-state index is 12.9. The van der Waals surface area contributed by atoms with Crippen LogP contribution in [0.2, 0.25) is 0 Å². The molecule has 2 atom stereocenters. The third-order valence-corrected chi connectivity index (χ3v) is 4.27. The zero-order valence-corrected chi connectivity index (χ0v) is 13.2. The van der Waals surface area contributed by atoms with Gasteiger partial charge in [0.1, 0.15) is 5.82 Å². The number of aromatic nitrogens is 1. The molecule has 1 aromatic heterocycles. The van der Waals surface area contributed by atoms with Crippen LogP contribution >= 0.6 is 0 Å². The molecule has 0 saturated carbocycles. The Hall–Kier alpha value is -1.62. The number of carbonyl (C=O) groups excluding carboxylic acids is 1. The van der Waals surface area contributed by atoms with Gasteiger partial charge in [0.25, 0.3) is 5.91 Å². The highest BCUT2D eigenvalue weighted by molar-refractivity contribution is 5.95. The van der Waals surface area contributed by atoms with E-state index in [9.17, 15) is 4.79 Å². The molecule has 0 aromatic carbocycles. The van der Waals surface area contributed by atoms with E-state index in [1.54, 1.807) is 6.07 Å². The molecule has 2 unspecified atom stereocenters. The van der Waals surface area contributed by atoms with E-state index in [0.717, 1.165) is 37.8 Å². The van der Waals surface area contributed by atoms with E-state index in [4.69, 9.17) is 5.84 Å². The van der Waals surface area contributed by atoms with E-state index < -0.39 is 0 Å². The molecule has 1 amide bonds. The third kappa shape index (κ3) is 3.35. The molecule has 1 aliphatic rings. The molecule has 5 nitrogen and oxygen atoms in total. The van der Waals surface area contributed by atoms with Crippen LogP contribution in [-0.4, -0.2) is 27.9 Å². The molecule has 2 heterocycles. The third-order valence-electron chi connectivity index (χ3n) is 4.27. The van der Waals surface area contributed by atoms with Gasteiger partial charge in [-0.05, 0) is 44.7 Å². The lowest BCUT2D eigenvalue weighted by molar-refractivity contribution is 0.0676. The van der Waals surface area contributed by atoms with E-state index in [2.05, 4.69) is 31.2 Å². The van der Waals surface area contributed by atoms with Gasteiger partial charge >= 0.3 is 0 Å². The fourth-order valence-electron chi connectivity index (χ4n) is 3.16. The summed E-state index contributed by atoms with van der Waals surface area (Å²) < 4.78 is 0. The average molecular weight is 290 g/mol. The normalized spacial score (nSPS) is 21.6. The Balaban J connectivity index is 2.31. The smallest absolute Gasteiger partial charge is 0.254 e. The van der Waals surface area contributed by atoms with Crippen molar-refractivity contribution >= 4 is 11.7 Å². The SMILES string of the molecule is CCCc1cc(C(=O)N2C(C)CCC2CC)cc(NN)n1. The molecular weight excluding hydrogens is 264 g/mol.